The van der Waals surface area contributed by atoms with Crippen LogP contribution in [-0.4, -0.2) is 38.0 Å². The van der Waals surface area contributed by atoms with Crippen molar-refractivity contribution in [3.05, 3.63) is 53.1 Å². The molecule has 0 aliphatic heterocycles. The highest BCUT2D eigenvalue weighted by Gasteiger charge is 2.26. The number of nitrogens with zero attached hydrogens (tertiary/aromatic N) is 2. The van der Waals surface area contributed by atoms with E-state index in [1.807, 2.05) is 35.7 Å². The number of ketones is 1. The molecule has 0 radical (unpaired) electrons. The van der Waals surface area contributed by atoms with Crippen LogP contribution in [0.2, 0.25) is 0 Å². The first-order valence-corrected chi connectivity index (χ1v) is 9.31. The average Bonchev–Trinajstić information content (AvgIpc) is 3.15. The fraction of sp³-hybridized carbons (Fsp3) is 0.316. The fourth-order valence-corrected chi connectivity index (χ4v) is 3.86. The number of pyridine rings is 1. The lowest BCUT2D eigenvalue weighted by atomic mass is 10.1. The zero-order valence-electron chi connectivity index (χ0n) is 15.2. The van der Waals surface area contributed by atoms with Crippen molar-refractivity contribution >= 4 is 29.0 Å². The topological polar surface area (TPSA) is 76.5 Å². The van der Waals surface area contributed by atoms with E-state index in [0.717, 1.165) is 10.7 Å². The lowest BCUT2D eigenvalue weighted by molar-refractivity contribution is 0.0525. The van der Waals surface area contributed by atoms with E-state index in [1.165, 1.54) is 11.8 Å². The Morgan fingerprint density at radius 3 is 2.85 bits per heavy atom. The second kappa shape index (κ2) is 7.37. The van der Waals surface area contributed by atoms with Gasteiger partial charge in [0.2, 0.25) is 0 Å². The highest BCUT2D eigenvalue weighted by Crippen LogP contribution is 2.28. The molecule has 0 saturated heterocycles. The Morgan fingerprint density at radius 2 is 2.12 bits per heavy atom. The molecule has 0 fully saturated rings. The third-order valence-electron chi connectivity index (χ3n) is 4.22. The maximum absolute atomic E-state index is 12.9. The summed E-state index contributed by atoms with van der Waals surface area (Å²) in [5, 5.41) is 0.403. The van der Waals surface area contributed by atoms with Gasteiger partial charge in [-0.1, -0.05) is 17.8 Å². The molecule has 0 aliphatic carbocycles. The smallest absolute Gasteiger partial charge is 0.340 e. The maximum atomic E-state index is 12.9. The predicted octanol–water partition coefficient (Wildman–Crippen LogP) is 3.82. The SMILES string of the molecule is CCOC(=O)c1c(C)[nH]c(C(=O)[C@H](C)Sc2ncc3ccccn23)c1C. The summed E-state index contributed by atoms with van der Waals surface area (Å²) < 4.78 is 7.04. The van der Waals surface area contributed by atoms with E-state index in [-0.39, 0.29) is 11.0 Å². The first kappa shape index (κ1) is 18.3. The number of esters is 1. The van der Waals surface area contributed by atoms with Crippen LogP contribution in [0.5, 0.6) is 0 Å². The molecule has 0 unspecified atom stereocenters. The lowest BCUT2D eigenvalue weighted by Gasteiger charge is -2.09. The minimum atomic E-state index is -0.405. The van der Waals surface area contributed by atoms with Gasteiger partial charge in [0.05, 0.1) is 34.8 Å². The largest absolute Gasteiger partial charge is 0.462 e. The summed E-state index contributed by atoms with van der Waals surface area (Å²) >= 11 is 1.39. The van der Waals surface area contributed by atoms with Gasteiger partial charge in [-0.2, -0.15) is 0 Å². The molecule has 0 spiro atoms. The van der Waals surface area contributed by atoms with Crippen LogP contribution in [0.25, 0.3) is 5.52 Å². The molecular formula is C19H21N3O3S. The Morgan fingerprint density at radius 1 is 1.35 bits per heavy atom. The van der Waals surface area contributed by atoms with Crippen molar-refractivity contribution in [2.24, 2.45) is 0 Å². The molecule has 0 bridgehead atoms. The zero-order chi connectivity index (χ0) is 18.8. The van der Waals surface area contributed by atoms with E-state index >= 15 is 0 Å². The average molecular weight is 371 g/mol. The Kier molecular flexibility index (Phi) is 5.18. The maximum Gasteiger partial charge on any atom is 0.340 e. The van der Waals surface area contributed by atoms with E-state index in [2.05, 4.69) is 9.97 Å². The standard InChI is InChI=1S/C19H21N3O3S/c1-5-25-18(24)15-11(2)16(21-12(15)3)17(23)13(4)26-19-20-10-14-8-6-7-9-22(14)19/h6-10,13,21H,5H2,1-4H3/t13-/m0/s1. The Balaban J connectivity index is 1.85. The molecular weight excluding hydrogens is 350 g/mol. The quantitative estimate of drug-likeness (QED) is 0.405. The summed E-state index contributed by atoms with van der Waals surface area (Å²) in [5.74, 6) is -0.476. The fourth-order valence-electron chi connectivity index (χ4n) is 2.93. The summed E-state index contributed by atoms with van der Waals surface area (Å²) in [6.45, 7) is 7.44. The number of carbonyl (C=O) groups excluding carboxylic acids is 2. The number of rotatable bonds is 6. The van der Waals surface area contributed by atoms with Gasteiger partial charge in [-0.05, 0) is 45.4 Å². The highest BCUT2D eigenvalue weighted by atomic mass is 32.2. The minimum absolute atomic E-state index is 0.0705. The second-order valence-electron chi connectivity index (χ2n) is 6.01. The van der Waals surface area contributed by atoms with Crippen molar-refractivity contribution in [3.63, 3.8) is 0 Å². The number of aromatic nitrogens is 3. The number of ether oxygens (including phenoxy) is 1. The number of thioether (sulfide) groups is 1. The number of H-pyrrole nitrogens is 1. The van der Waals surface area contributed by atoms with Crippen molar-refractivity contribution in [1.29, 1.82) is 0 Å². The van der Waals surface area contributed by atoms with Crippen molar-refractivity contribution in [1.82, 2.24) is 14.4 Å². The molecule has 3 heterocycles. The van der Waals surface area contributed by atoms with Gasteiger partial charge in [0, 0.05) is 11.9 Å². The van der Waals surface area contributed by atoms with Crippen molar-refractivity contribution in [2.75, 3.05) is 6.61 Å². The number of hydrogen-bond donors (Lipinski definition) is 1. The van der Waals surface area contributed by atoms with Gasteiger partial charge in [-0.25, -0.2) is 9.78 Å². The molecule has 3 aromatic rings. The first-order valence-electron chi connectivity index (χ1n) is 8.43. The van der Waals surface area contributed by atoms with Crippen molar-refractivity contribution < 1.29 is 14.3 Å². The molecule has 3 rings (SSSR count). The summed E-state index contributed by atoms with van der Waals surface area (Å²) in [7, 11) is 0. The second-order valence-corrected chi connectivity index (χ2v) is 7.31. The van der Waals surface area contributed by atoms with Gasteiger partial charge in [-0.3, -0.25) is 9.20 Å². The number of imidazole rings is 1. The molecule has 136 valence electrons. The minimum Gasteiger partial charge on any atom is -0.462 e. The van der Waals surface area contributed by atoms with E-state index < -0.39 is 5.97 Å². The van der Waals surface area contributed by atoms with E-state index in [4.69, 9.17) is 4.74 Å². The number of aromatic amines is 1. The van der Waals surface area contributed by atoms with Crippen LogP contribution in [-0.2, 0) is 4.74 Å². The first-order chi connectivity index (χ1) is 12.4. The van der Waals surface area contributed by atoms with Crippen LogP contribution in [0.3, 0.4) is 0 Å². The molecule has 0 amide bonds. The van der Waals surface area contributed by atoms with Crippen LogP contribution in [0, 0.1) is 13.8 Å². The summed E-state index contributed by atoms with van der Waals surface area (Å²) in [4.78, 5) is 32.5. The number of Topliss-reactive ketones (excluding diaryl/α,β-unsaturated/α-hetero) is 1. The lowest BCUT2D eigenvalue weighted by Crippen LogP contribution is -2.16. The summed E-state index contributed by atoms with van der Waals surface area (Å²) in [6, 6.07) is 5.84. The number of hydrogen-bond acceptors (Lipinski definition) is 5. The van der Waals surface area contributed by atoms with Crippen LogP contribution in [0.15, 0.2) is 35.7 Å². The van der Waals surface area contributed by atoms with Gasteiger partial charge in [0.15, 0.2) is 10.9 Å². The van der Waals surface area contributed by atoms with Gasteiger partial charge in [0.1, 0.15) is 0 Å². The van der Waals surface area contributed by atoms with E-state index in [1.54, 1.807) is 27.0 Å². The molecule has 0 aromatic carbocycles. The number of nitrogens with one attached hydrogen (secondary N) is 1. The van der Waals surface area contributed by atoms with Crippen LogP contribution in [0.1, 0.15) is 46.0 Å². The molecule has 1 atom stereocenters. The predicted molar refractivity (Wildman–Crippen MR) is 101 cm³/mol. The Labute approximate surface area is 156 Å². The summed E-state index contributed by atoms with van der Waals surface area (Å²) in [5.41, 5.74) is 3.15. The molecule has 1 N–H and O–H groups in total. The molecule has 7 heteroatoms. The number of carbonyl (C=O) groups is 2. The third-order valence-corrected chi connectivity index (χ3v) is 5.30. The van der Waals surface area contributed by atoms with Gasteiger partial charge in [-0.15, -0.1) is 0 Å². The van der Waals surface area contributed by atoms with Gasteiger partial charge in [0.25, 0.3) is 0 Å². The molecule has 0 saturated carbocycles. The molecule has 26 heavy (non-hydrogen) atoms. The Bertz CT molecular complexity index is 974. The highest BCUT2D eigenvalue weighted by molar-refractivity contribution is 8.00. The molecule has 0 aliphatic rings. The van der Waals surface area contributed by atoms with Gasteiger partial charge < -0.3 is 9.72 Å². The number of aryl methyl sites for hydroxylation is 1. The Hall–Kier alpha value is -2.54. The van der Waals surface area contributed by atoms with Gasteiger partial charge >= 0.3 is 5.97 Å². The molecule has 6 nitrogen and oxygen atoms in total. The summed E-state index contributed by atoms with van der Waals surface area (Å²) in [6.07, 6.45) is 3.70. The van der Waals surface area contributed by atoms with Crippen LogP contribution >= 0.6 is 11.8 Å². The zero-order valence-corrected chi connectivity index (χ0v) is 16.0. The van der Waals surface area contributed by atoms with Crippen molar-refractivity contribution in [2.45, 2.75) is 38.1 Å². The van der Waals surface area contributed by atoms with Crippen molar-refractivity contribution in [3.8, 4) is 0 Å². The molecule has 3 aromatic heterocycles. The number of fused-ring (bicyclic) bond motifs is 1. The van der Waals surface area contributed by atoms with E-state index in [0.29, 0.717) is 29.1 Å². The monoisotopic (exact) mass is 371 g/mol. The third kappa shape index (κ3) is 3.26. The van der Waals surface area contributed by atoms with Crippen LogP contribution in [0.4, 0.5) is 0 Å². The normalized spacial score (nSPS) is 12.3. The van der Waals surface area contributed by atoms with Crippen LogP contribution < -0.4 is 0 Å². The van der Waals surface area contributed by atoms with E-state index in [9.17, 15) is 9.59 Å².